The molecule has 2 N–H and O–H groups in total. The molecule has 2 aromatic carbocycles. The van der Waals surface area contributed by atoms with Crippen LogP contribution in [-0.2, 0) is 12.0 Å². The Bertz CT molecular complexity index is 718. The van der Waals surface area contributed by atoms with Crippen LogP contribution in [0.25, 0.3) is 10.9 Å². The van der Waals surface area contributed by atoms with Crippen molar-refractivity contribution in [3.8, 4) is 0 Å². The van der Waals surface area contributed by atoms with Crippen molar-refractivity contribution in [1.29, 1.82) is 0 Å². The SMILES string of the molecule is CC(N)(Cc1ccc2ccccc2n1)c1ccccc1. The lowest BCUT2D eigenvalue weighted by Crippen LogP contribution is -2.35. The molecule has 1 atom stereocenters. The molecular weight excluding hydrogens is 244 g/mol. The van der Waals surface area contributed by atoms with Crippen molar-refractivity contribution in [1.82, 2.24) is 4.98 Å². The monoisotopic (exact) mass is 262 g/mol. The standard InChI is InChI=1S/C18H18N2/c1-18(19,15-8-3-2-4-9-15)13-16-12-11-14-7-5-6-10-17(14)20-16/h2-12H,13,19H2,1H3. The Hall–Kier alpha value is -2.19. The molecule has 0 aliphatic carbocycles. The summed E-state index contributed by atoms with van der Waals surface area (Å²) in [6.45, 7) is 2.05. The number of benzene rings is 2. The smallest absolute Gasteiger partial charge is 0.0705 e. The van der Waals surface area contributed by atoms with Crippen molar-refractivity contribution >= 4 is 10.9 Å². The summed E-state index contributed by atoms with van der Waals surface area (Å²) in [5.41, 5.74) is 9.25. The van der Waals surface area contributed by atoms with Gasteiger partial charge in [0.25, 0.3) is 0 Å². The minimum absolute atomic E-state index is 0.406. The third-order valence-electron chi connectivity index (χ3n) is 3.64. The molecule has 1 unspecified atom stereocenters. The van der Waals surface area contributed by atoms with Gasteiger partial charge in [0.15, 0.2) is 0 Å². The molecule has 20 heavy (non-hydrogen) atoms. The quantitative estimate of drug-likeness (QED) is 0.782. The van der Waals surface area contributed by atoms with Gasteiger partial charge in [0.2, 0.25) is 0 Å². The topological polar surface area (TPSA) is 38.9 Å². The molecular formula is C18H18N2. The maximum absolute atomic E-state index is 6.47. The van der Waals surface area contributed by atoms with Crippen molar-refractivity contribution in [3.05, 3.63) is 78.0 Å². The number of rotatable bonds is 3. The summed E-state index contributed by atoms with van der Waals surface area (Å²) in [4.78, 5) is 4.71. The zero-order valence-corrected chi connectivity index (χ0v) is 11.6. The predicted molar refractivity (Wildman–Crippen MR) is 83.4 cm³/mol. The highest BCUT2D eigenvalue weighted by Crippen LogP contribution is 2.23. The number of hydrogen-bond acceptors (Lipinski definition) is 2. The van der Waals surface area contributed by atoms with Crippen LogP contribution in [0.1, 0.15) is 18.2 Å². The van der Waals surface area contributed by atoms with Crippen LogP contribution in [0.2, 0.25) is 0 Å². The van der Waals surface area contributed by atoms with E-state index >= 15 is 0 Å². The van der Waals surface area contributed by atoms with Gasteiger partial charge in [-0.2, -0.15) is 0 Å². The first kappa shape index (κ1) is 12.8. The predicted octanol–water partition coefficient (Wildman–Crippen LogP) is 3.65. The number of hydrogen-bond donors (Lipinski definition) is 1. The highest BCUT2D eigenvalue weighted by atomic mass is 14.8. The molecule has 0 amide bonds. The third-order valence-corrected chi connectivity index (χ3v) is 3.64. The first-order chi connectivity index (χ1) is 9.65. The van der Waals surface area contributed by atoms with Crippen molar-refractivity contribution in [2.45, 2.75) is 18.9 Å². The second-order valence-electron chi connectivity index (χ2n) is 5.46. The fourth-order valence-corrected chi connectivity index (χ4v) is 2.50. The summed E-state index contributed by atoms with van der Waals surface area (Å²) >= 11 is 0. The molecule has 0 saturated heterocycles. The first-order valence-corrected chi connectivity index (χ1v) is 6.84. The first-order valence-electron chi connectivity index (χ1n) is 6.84. The molecule has 0 radical (unpaired) electrons. The number of nitrogens with zero attached hydrogens (tertiary/aromatic N) is 1. The van der Waals surface area contributed by atoms with E-state index in [9.17, 15) is 0 Å². The van der Waals surface area contributed by atoms with Gasteiger partial charge in [-0.3, -0.25) is 4.98 Å². The van der Waals surface area contributed by atoms with Gasteiger partial charge in [-0.05, 0) is 24.6 Å². The Morgan fingerprint density at radius 2 is 1.60 bits per heavy atom. The highest BCUT2D eigenvalue weighted by molar-refractivity contribution is 5.78. The lowest BCUT2D eigenvalue weighted by Gasteiger charge is -2.25. The summed E-state index contributed by atoms with van der Waals surface area (Å²) in [6, 6.07) is 22.5. The molecule has 100 valence electrons. The van der Waals surface area contributed by atoms with Crippen molar-refractivity contribution < 1.29 is 0 Å². The maximum atomic E-state index is 6.47. The molecule has 1 heterocycles. The van der Waals surface area contributed by atoms with Crippen LogP contribution in [0.5, 0.6) is 0 Å². The minimum Gasteiger partial charge on any atom is -0.321 e. The van der Waals surface area contributed by atoms with Crippen LogP contribution in [0.3, 0.4) is 0 Å². The van der Waals surface area contributed by atoms with Crippen LogP contribution in [0, 0.1) is 0 Å². The Kier molecular flexibility index (Phi) is 3.25. The Morgan fingerprint density at radius 3 is 2.40 bits per heavy atom. The fourth-order valence-electron chi connectivity index (χ4n) is 2.50. The lowest BCUT2D eigenvalue weighted by molar-refractivity contribution is 0.486. The van der Waals surface area contributed by atoms with Gasteiger partial charge >= 0.3 is 0 Å². The fraction of sp³-hybridized carbons (Fsp3) is 0.167. The molecule has 0 bridgehead atoms. The maximum Gasteiger partial charge on any atom is 0.0705 e. The van der Waals surface area contributed by atoms with Gasteiger partial charge in [-0.1, -0.05) is 54.6 Å². The van der Waals surface area contributed by atoms with Crippen LogP contribution >= 0.6 is 0 Å². The average molecular weight is 262 g/mol. The molecule has 0 spiro atoms. The average Bonchev–Trinajstić information content (AvgIpc) is 2.48. The molecule has 0 saturated carbocycles. The number of aromatic nitrogens is 1. The second kappa shape index (κ2) is 5.06. The van der Waals surface area contributed by atoms with Crippen LogP contribution in [0.15, 0.2) is 66.7 Å². The highest BCUT2D eigenvalue weighted by Gasteiger charge is 2.22. The molecule has 0 fully saturated rings. The Morgan fingerprint density at radius 1 is 0.900 bits per heavy atom. The normalized spacial score (nSPS) is 14.1. The Labute approximate surface area is 119 Å². The van der Waals surface area contributed by atoms with Gasteiger partial charge in [0.05, 0.1) is 5.52 Å². The largest absolute Gasteiger partial charge is 0.321 e. The van der Waals surface area contributed by atoms with Crippen LogP contribution in [-0.4, -0.2) is 4.98 Å². The van der Waals surface area contributed by atoms with E-state index in [0.717, 1.165) is 28.6 Å². The van der Waals surface area contributed by atoms with Gasteiger partial charge in [0.1, 0.15) is 0 Å². The van der Waals surface area contributed by atoms with Gasteiger partial charge < -0.3 is 5.73 Å². The minimum atomic E-state index is -0.406. The third kappa shape index (κ3) is 2.56. The summed E-state index contributed by atoms with van der Waals surface area (Å²) in [7, 11) is 0. The number of para-hydroxylation sites is 1. The van der Waals surface area contributed by atoms with E-state index in [0.29, 0.717) is 0 Å². The molecule has 0 aliphatic heterocycles. The molecule has 1 aromatic heterocycles. The van der Waals surface area contributed by atoms with E-state index < -0.39 is 5.54 Å². The van der Waals surface area contributed by atoms with E-state index in [-0.39, 0.29) is 0 Å². The molecule has 2 heteroatoms. The molecule has 3 aromatic rings. The van der Waals surface area contributed by atoms with Crippen LogP contribution in [0.4, 0.5) is 0 Å². The lowest BCUT2D eigenvalue weighted by atomic mass is 9.88. The molecule has 3 rings (SSSR count). The summed E-state index contributed by atoms with van der Waals surface area (Å²) in [5, 5.41) is 1.16. The van der Waals surface area contributed by atoms with Gasteiger partial charge in [-0.15, -0.1) is 0 Å². The van der Waals surface area contributed by atoms with E-state index in [1.807, 2.05) is 36.4 Å². The number of fused-ring (bicyclic) bond motifs is 1. The zero-order chi connectivity index (χ0) is 14.0. The molecule has 2 nitrogen and oxygen atoms in total. The number of nitrogens with two attached hydrogens (primary N) is 1. The summed E-state index contributed by atoms with van der Waals surface area (Å²) in [5.74, 6) is 0. The van der Waals surface area contributed by atoms with Crippen molar-refractivity contribution in [2.24, 2.45) is 5.73 Å². The van der Waals surface area contributed by atoms with Crippen molar-refractivity contribution in [2.75, 3.05) is 0 Å². The number of pyridine rings is 1. The summed E-state index contributed by atoms with van der Waals surface area (Å²) < 4.78 is 0. The van der Waals surface area contributed by atoms with E-state index in [1.165, 1.54) is 0 Å². The summed E-state index contributed by atoms with van der Waals surface area (Å²) in [6.07, 6.45) is 0.724. The van der Waals surface area contributed by atoms with Crippen LogP contribution < -0.4 is 5.73 Å². The van der Waals surface area contributed by atoms with Gasteiger partial charge in [0, 0.05) is 23.0 Å². The van der Waals surface area contributed by atoms with E-state index in [1.54, 1.807) is 0 Å². The van der Waals surface area contributed by atoms with Gasteiger partial charge in [-0.25, -0.2) is 0 Å². The molecule has 0 aliphatic rings. The second-order valence-corrected chi connectivity index (χ2v) is 5.46. The zero-order valence-electron chi connectivity index (χ0n) is 11.6. The van der Waals surface area contributed by atoms with Crippen molar-refractivity contribution in [3.63, 3.8) is 0 Å². The Balaban J connectivity index is 1.92. The van der Waals surface area contributed by atoms with E-state index in [4.69, 9.17) is 10.7 Å². The van der Waals surface area contributed by atoms with E-state index in [2.05, 4.69) is 37.3 Å².